The van der Waals surface area contributed by atoms with Crippen LogP contribution < -0.4 is 9.64 Å². The average molecular weight is 292 g/mol. The third-order valence-electron chi connectivity index (χ3n) is 2.66. The molecule has 1 aromatic carbocycles. The van der Waals surface area contributed by atoms with Crippen molar-refractivity contribution in [2.75, 3.05) is 25.1 Å². The second-order valence-electron chi connectivity index (χ2n) is 3.82. The van der Waals surface area contributed by atoms with Crippen LogP contribution >= 0.6 is 15.9 Å². The fourth-order valence-corrected chi connectivity index (χ4v) is 2.41. The van der Waals surface area contributed by atoms with Crippen molar-refractivity contribution in [1.29, 1.82) is 0 Å². The van der Waals surface area contributed by atoms with Gasteiger partial charge in [-0.3, -0.25) is 0 Å². The first-order valence-electron chi connectivity index (χ1n) is 4.99. The maximum atomic E-state index is 13.1. The van der Waals surface area contributed by atoms with E-state index in [9.17, 15) is 8.78 Å². The van der Waals surface area contributed by atoms with E-state index in [1.165, 1.54) is 7.11 Å². The van der Waals surface area contributed by atoms with Crippen LogP contribution in [0.4, 0.5) is 14.5 Å². The highest BCUT2D eigenvalue weighted by Gasteiger charge is 2.39. The molecule has 0 N–H and O–H groups in total. The number of halogens is 3. The number of rotatable bonds is 2. The van der Waals surface area contributed by atoms with Crippen molar-refractivity contribution in [3.8, 4) is 5.75 Å². The van der Waals surface area contributed by atoms with Crippen molar-refractivity contribution in [2.45, 2.75) is 12.3 Å². The van der Waals surface area contributed by atoms with Crippen LogP contribution in [0.1, 0.15) is 6.42 Å². The Hall–Kier alpha value is -0.840. The van der Waals surface area contributed by atoms with Gasteiger partial charge in [0.15, 0.2) is 5.75 Å². The second-order valence-corrected chi connectivity index (χ2v) is 4.67. The lowest BCUT2D eigenvalue weighted by atomic mass is 10.2. The summed E-state index contributed by atoms with van der Waals surface area (Å²) in [5, 5.41) is 0. The predicted molar refractivity (Wildman–Crippen MR) is 62.5 cm³/mol. The molecule has 1 aliphatic heterocycles. The van der Waals surface area contributed by atoms with Crippen molar-refractivity contribution < 1.29 is 13.5 Å². The predicted octanol–water partition coefficient (Wildman–Crippen LogP) is 3.30. The number of methoxy groups -OCH3 is 1. The molecular weight excluding hydrogens is 280 g/mol. The minimum atomic E-state index is -2.59. The zero-order chi connectivity index (χ0) is 11.8. The topological polar surface area (TPSA) is 12.5 Å². The van der Waals surface area contributed by atoms with Crippen LogP contribution in [0, 0.1) is 0 Å². The Morgan fingerprint density at radius 1 is 1.44 bits per heavy atom. The highest BCUT2D eigenvalue weighted by molar-refractivity contribution is 9.10. The van der Waals surface area contributed by atoms with E-state index < -0.39 is 5.92 Å². The van der Waals surface area contributed by atoms with Gasteiger partial charge in [0.05, 0.1) is 23.8 Å². The zero-order valence-electron chi connectivity index (χ0n) is 8.84. The van der Waals surface area contributed by atoms with Gasteiger partial charge in [-0.25, -0.2) is 8.78 Å². The minimum Gasteiger partial charge on any atom is -0.493 e. The lowest BCUT2D eigenvalue weighted by Crippen LogP contribution is -2.25. The summed E-state index contributed by atoms with van der Waals surface area (Å²) in [5.41, 5.74) is 0.717. The number of hydrogen-bond donors (Lipinski definition) is 0. The van der Waals surface area contributed by atoms with Crippen molar-refractivity contribution in [3.05, 3.63) is 22.7 Å². The standard InChI is InChI=1S/C11H12BrF2NO/c1-16-10-8(12)3-2-4-9(10)15-6-5-11(13,14)7-15/h2-4H,5-7H2,1H3. The summed E-state index contributed by atoms with van der Waals surface area (Å²) in [6, 6.07) is 5.44. The molecule has 1 aromatic rings. The molecule has 0 aromatic heterocycles. The van der Waals surface area contributed by atoms with E-state index >= 15 is 0 Å². The van der Waals surface area contributed by atoms with Crippen LogP contribution in [0.2, 0.25) is 0 Å². The first-order chi connectivity index (χ1) is 7.53. The van der Waals surface area contributed by atoms with Gasteiger partial charge in [0.25, 0.3) is 5.92 Å². The summed E-state index contributed by atoms with van der Waals surface area (Å²) >= 11 is 3.34. The number of anilines is 1. The molecule has 2 rings (SSSR count). The fraction of sp³-hybridized carbons (Fsp3) is 0.455. The Bertz CT molecular complexity index is 398. The number of ether oxygens (including phenoxy) is 1. The van der Waals surface area contributed by atoms with Crippen LogP contribution in [-0.2, 0) is 0 Å². The summed E-state index contributed by atoms with van der Waals surface area (Å²) in [6.07, 6.45) is -0.0946. The van der Waals surface area contributed by atoms with E-state index in [4.69, 9.17) is 4.74 Å². The minimum absolute atomic E-state index is 0.0946. The lowest BCUT2D eigenvalue weighted by molar-refractivity contribution is 0.0257. The van der Waals surface area contributed by atoms with Crippen molar-refractivity contribution in [2.24, 2.45) is 0 Å². The third-order valence-corrected chi connectivity index (χ3v) is 3.29. The van der Waals surface area contributed by atoms with Crippen LogP contribution in [-0.4, -0.2) is 26.1 Å². The summed E-state index contributed by atoms with van der Waals surface area (Å²) in [6.45, 7) is 0.125. The van der Waals surface area contributed by atoms with Crippen molar-refractivity contribution >= 4 is 21.6 Å². The average Bonchev–Trinajstić information content (AvgIpc) is 2.58. The third kappa shape index (κ3) is 2.14. The fourth-order valence-electron chi connectivity index (χ4n) is 1.89. The molecule has 0 aliphatic carbocycles. The molecule has 1 heterocycles. The SMILES string of the molecule is COc1c(Br)cccc1N1CCC(F)(F)C1. The smallest absolute Gasteiger partial charge is 0.266 e. The molecule has 1 fully saturated rings. The van der Waals surface area contributed by atoms with Gasteiger partial charge in [0.2, 0.25) is 0 Å². The van der Waals surface area contributed by atoms with E-state index in [0.717, 1.165) is 4.47 Å². The van der Waals surface area contributed by atoms with Crippen molar-refractivity contribution in [3.63, 3.8) is 0 Å². The summed E-state index contributed by atoms with van der Waals surface area (Å²) in [7, 11) is 1.54. The van der Waals surface area contributed by atoms with Crippen LogP contribution in [0.5, 0.6) is 5.75 Å². The largest absolute Gasteiger partial charge is 0.493 e. The molecular formula is C11H12BrF2NO. The first kappa shape index (κ1) is 11.6. The molecule has 0 radical (unpaired) electrons. The Balaban J connectivity index is 2.31. The van der Waals surface area contributed by atoms with Gasteiger partial charge in [0, 0.05) is 13.0 Å². The van der Waals surface area contributed by atoms with Crippen LogP contribution in [0.25, 0.3) is 0 Å². The van der Waals surface area contributed by atoms with E-state index in [1.54, 1.807) is 11.0 Å². The van der Waals surface area contributed by atoms with Gasteiger partial charge in [0.1, 0.15) is 0 Å². The van der Waals surface area contributed by atoms with Gasteiger partial charge in [-0.15, -0.1) is 0 Å². The van der Waals surface area contributed by atoms with Crippen molar-refractivity contribution in [1.82, 2.24) is 0 Å². The molecule has 0 bridgehead atoms. The van der Waals surface area contributed by atoms with Crippen LogP contribution in [0.3, 0.4) is 0 Å². The molecule has 0 amide bonds. The van der Waals surface area contributed by atoms with E-state index in [-0.39, 0.29) is 13.0 Å². The van der Waals surface area contributed by atoms with E-state index in [1.807, 2.05) is 12.1 Å². The number of nitrogens with zero attached hydrogens (tertiary/aromatic N) is 1. The highest BCUT2D eigenvalue weighted by Crippen LogP contribution is 2.39. The Kier molecular flexibility index (Phi) is 3.06. The summed E-state index contributed by atoms with van der Waals surface area (Å²) in [5.74, 6) is -1.98. The number of hydrogen-bond acceptors (Lipinski definition) is 2. The van der Waals surface area contributed by atoms with Gasteiger partial charge in [-0.1, -0.05) is 6.07 Å². The van der Waals surface area contributed by atoms with Gasteiger partial charge in [-0.05, 0) is 28.1 Å². The molecule has 16 heavy (non-hydrogen) atoms. The summed E-state index contributed by atoms with van der Waals surface area (Å²) in [4.78, 5) is 1.66. The number of benzene rings is 1. The van der Waals surface area contributed by atoms with Gasteiger partial charge in [-0.2, -0.15) is 0 Å². The first-order valence-corrected chi connectivity index (χ1v) is 5.78. The molecule has 2 nitrogen and oxygen atoms in total. The molecule has 1 saturated heterocycles. The molecule has 5 heteroatoms. The maximum absolute atomic E-state index is 13.1. The van der Waals surface area contributed by atoms with Gasteiger partial charge < -0.3 is 9.64 Å². The molecule has 0 spiro atoms. The molecule has 0 atom stereocenters. The quantitative estimate of drug-likeness (QED) is 0.829. The number of para-hydroxylation sites is 1. The summed E-state index contributed by atoms with van der Waals surface area (Å²) < 4.78 is 32.2. The van der Waals surface area contributed by atoms with E-state index in [2.05, 4.69) is 15.9 Å². The molecule has 1 aliphatic rings. The van der Waals surface area contributed by atoms with Crippen LogP contribution in [0.15, 0.2) is 22.7 Å². The lowest BCUT2D eigenvalue weighted by Gasteiger charge is -2.21. The van der Waals surface area contributed by atoms with Gasteiger partial charge >= 0.3 is 0 Å². The monoisotopic (exact) mass is 291 g/mol. The Morgan fingerprint density at radius 3 is 2.75 bits per heavy atom. The molecule has 0 saturated carbocycles. The van der Waals surface area contributed by atoms with E-state index in [0.29, 0.717) is 18.0 Å². The maximum Gasteiger partial charge on any atom is 0.266 e. The zero-order valence-corrected chi connectivity index (χ0v) is 10.4. The molecule has 88 valence electrons. The Labute approximate surface area is 101 Å². The second kappa shape index (κ2) is 4.20. The number of alkyl halides is 2. The highest BCUT2D eigenvalue weighted by atomic mass is 79.9. The normalized spacial score (nSPS) is 18.9. The Morgan fingerprint density at radius 2 is 2.19 bits per heavy atom. The molecule has 0 unspecified atom stereocenters.